The largest absolute Gasteiger partial charge is 0.361 e. The molecule has 4 nitrogen and oxygen atoms in total. The number of H-pyrrole nitrogens is 1. The van der Waals surface area contributed by atoms with Gasteiger partial charge in [-0.2, -0.15) is 0 Å². The standard InChI is InChI=1S/C26H26ClN3O/c27-21-11-12-25-23(17-21)24(18-30-25)20(10-9-19-6-2-1-3-7-19)16-26(31)29-15-13-22-8-4-5-14-28-22/h1-8,11-12,14,17-18,20,30H,9-10,13,15-16H2,(H,29,31)/t20-/m1/s1. The molecule has 0 unspecified atom stereocenters. The first-order valence-electron chi connectivity index (χ1n) is 10.7. The molecular weight excluding hydrogens is 406 g/mol. The van der Waals surface area contributed by atoms with Gasteiger partial charge in [0.2, 0.25) is 5.91 Å². The number of aryl methyl sites for hydroxylation is 1. The number of fused-ring (bicyclic) bond motifs is 1. The third kappa shape index (κ3) is 5.74. The summed E-state index contributed by atoms with van der Waals surface area (Å²) in [5.74, 6) is 0.160. The molecule has 0 radical (unpaired) electrons. The lowest BCUT2D eigenvalue weighted by Crippen LogP contribution is -2.27. The number of halogens is 1. The molecule has 0 aliphatic rings. The maximum Gasteiger partial charge on any atom is 0.220 e. The molecule has 2 N–H and O–H groups in total. The summed E-state index contributed by atoms with van der Waals surface area (Å²) in [5.41, 5.74) is 4.45. The summed E-state index contributed by atoms with van der Waals surface area (Å²) in [6, 6.07) is 22.1. The quantitative estimate of drug-likeness (QED) is 0.358. The number of benzene rings is 2. The Labute approximate surface area is 187 Å². The third-order valence-electron chi connectivity index (χ3n) is 5.60. The first-order valence-corrected chi connectivity index (χ1v) is 11.0. The van der Waals surface area contributed by atoms with Crippen molar-refractivity contribution >= 4 is 28.4 Å². The Morgan fingerprint density at radius 2 is 1.87 bits per heavy atom. The number of nitrogens with one attached hydrogen (secondary N) is 2. The first kappa shape index (κ1) is 21.1. The zero-order chi connectivity index (χ0) is 21.5. The second-order valence-electron chi connectivity index (χ2n) is 7.78. The minimum absolute atomic E-state index is 0.0605. The molecule has 2 aromatic carbocycles. The summed E-state index contributed by atoms with van der Waals surface area (Å²) in [5, 5.41) is 4.86. The third-order valence-corrected chi connectivity index (χ3v) is 5.84. The van der Waals surface area contributed by atoms with Crippen molar-refractivity contribution in [2.24, 2.45) is 0 Å². The number of aromatic nitrogens is 2. The first-order chi connectivity index (χ1) is 15.2. The van der Waals surface area contributed by atoms with E-state index in [-0.39, 0.29) is 11.8 Å². The van der Waals surface area contributed by atoms with E-state index in [4.69, 9.17) is 11.6 Å². The monoisotopic (exact) mass is 431 g/mol. The average molecular weight is 432 g/mol. The predicted octanol–water partition coefficient (Wildman–Crippen LogP) is 5.68. The van der Waals surface area contributed by atoms with Crippen LogP contribution >= 0.6 is 11.6 Å². The minimum atomic E-state index is 0.0605. The number of hydrogen-bond donors (Lipinski definition) is 2. The second-order valence-corrected chi connectivity index (χ2v) is 8.22. The molecule has 2 heterocycles. The maximum absolute atomic E-state index is 12.8. The van der Waals surface area contributed by atoms with Crippen LogP contribution in [-0.2, 0) is 17.6 Å². The van der Waals surface area contributed by atoms with E-state index in [1.807, 2.05) is 48.7 Å². The van der Waals surface area contributed by atoms with Crippen LogP contribution in [0.5, 0.6) is 0 Å². The molecule has 31 heavy (non-hydrogen) atoms. The summed E-state index contributed by atoms with van der Waals surface area (Å²) in [7, 11) is 0. The highest BCUT2D eigenvalue weighted by Crippen LogP contribution is 2.33. The van der Waals surface area contributed by atoms with E-state index in [0.29, 0.717) is 18.0 Å². The Hall–Kier alpha value is -3.11. The minimum Gasteiger partial charge on any atom is -0.361 e. The van der Waals surface area contributed by atoms with Crippen molar-refractivity contribution in [3.63, 3.8) is 0 Å². The zero-order valence-electron chi connectivity index (χ0n) is 17.4. The molecular formula is C26H26ClN3O. The van der Waals surface area contributed by atoms with E-state index < -0.39 is 0 Å². The topological polar surface area (TPSA) is 57.8 Å². The van der Waals surface area contributed by atoms with Crippen LogP contribution in [0.25, 0.3) is 10.9 Å². The van der Waals surface area contributed by atoms with Gasteiger partial charge in [-0.1, -0.05) is 48.0 Å². The van der Waals surface area contributed by atoms with E-state index in [2.05, 4.69) is 39.6 Å². The molecule has 0 aliphatic heterocycles. The van der Waals surface area contributed by atoms with E-state index in [9.17, 15) is 4.79 Å². The summed E-state index contributed by atoms with van der Waals surface area (Å²) < 4.78 is 0. The van der Waals surface area contributed by atoms with Gasteiger partial charge >= 0.3 is 0 Å². The highest BCUT2D eigenvalue weighted by Gasteiger charge is 2.20. The lowest BCUT2D eigenvalue weighted by molar-refractivity contribution is -0.121. The van der Waals surface area contributed by atoms with Crippen molar-refractivity contribution in [2.75, 3.05) is 6.54 Å². The number of pyridine rings is 1. The molecule has 0 aliphatic carbocycles. The van der Waals surface area contributed by atoms with Crippen molar-refractivity contribution in [2.45, 2.75) is 31.6 Å². The van der Waals surface area contributed by atoms with Crippen LogP contribution in [0.2, 0.25) is 5.02 Å². The smallest absolute Gasteiger partial charge is 0.220 e. The van der Waals surface area contributed by atoms with Gasteiger partial charge in [0.1, 0.15) is 0 Å². The normalized spacial score (nSPS) is 12.0. The summed E-state index contributed by atoms with van der Waals surface area (Å²) in [6.07, 6.45) is 6.77. The van der Waals surface area contributed by atoms with Gasteiger partial charge in [-0.05, 0) is 60.2 Å². The Kier molecular flexibility index (Phi) is 7.00. The SMILES string of the molecule is O=C(C[C@@H](CCc1ccccc1)c1c[nH]c2ccc(Cl)cc12)NCCc1ccccn1. The van der Waals surface area contributed by atoms with Gasteiger partial charge in [0.25, 0.3) is 0 Å². The number of nitrogens with zero attached hydrogens (tertiary/aromatic N) is 1. The summed E-state index contributed by atoms with van der Waals surface area (Å²) >= 11 is 6.26. The van der Waals surface area contributed by atoms with Gasteiger partial charge in [-0.25, -0.2) is 0 Å². The van der Waals surface area contributed by atoms with Crippen LogP contribution in [0.15, 0.2) is 79.1 Å². The Morgan fingerprint density at radius 3 is 2.68 bits per heavy atom. The van der Waals surface area contributed by atoms with Crippen molar-refractivity contribution in [1.82, 2.24) is 15.3 Å². The van der Waals surface area contributed by atoms with E-state index in [1.54, 1.807) is 6.20 Å². The van der Waals surface area contributed by atoms with Crippen LogP contribution < -0.4 is 5.32 Å². The molecule has 0 saturated heterocycles. The number of aromatic amines is 1. The fourth-order valence-electron chi connectivity index (χ4n) is 3.98. The molecule has 0 saturated carbocycles. The van der Waals surface area contributed by atoms with Gasteiger partial charge in [0.05, 0.1) is 0 Å². The highest BCUT2D eigenvalue weighted by atomic mass is 35.5. The maximum atomic E-state index is 12.8. The second kappa shape index (κ2) is 10.3. The van der Waals surface area contributed by atoms with E-state index in [1.165, 1.54) is 5.56 Å². The number of carbonyl (C=O) groups excluding carboxylic acids is 1. The molecule has 4 aromatic rings. The van der Waals surface area contributed by atoms with Crippen LogP contribution in [0, 0.1) is 0 Å². The Balaban J connectivity index is 1.46. The van der Waals surface area contributed by atoms with Gasteiger partial charge < -0.3 is 10.3 Å². The molecule has 158 valence electrons. The Morgan fingerprint density at radius 1 is 1.03 bits per heavy atom. The average Bonchev–Trinajstić information content (AvgIpc) is 3.21. The molecule has 0 fully saturated rings. The van der Waals surface area contributed by atoms with Gasteiger partial charge in [-0.3, -0.25) is 9.78 Å². The van der Waals surface area contributed by atoms with Crippen molar-refractivity contribution < 1.29 is 4.79 Å². The fraction of sp³-hybridized carbons (Fsp3) is 0.231. The van der Waals surface area contributed by atoms with E-state index in [0.717, 1.165) is 41.4 Å². The Bertz CT molecular complexity index is 1130. The molecule has 5 heteroatoms. The molecule has 0 spiro atoms. The van der Waals surface area contributed by atoms with Gasteiger partial charge in [-0.15, -0.1) is 0 Å². The molecule has 2 aromatic heterocycles. The summed E-state index contributed by atoms with van der Waals surface area (Å²) in [6.45, 7) is 0.584. The van der Waals surface area contributed by atoms with Crippen LogP contribution in [0.4, 0.5) is 0 Å². The molecule has 1 atom stereocenters. The van der Waals surface area contributed by atoms with Crippen LogP contribution in [0.3, 0.4) is 0 Å². The van der Waals surface area contributed by atoms with Crippen LogP contribution in [0.1, 0.15) is 35.6 Å². The van der Waals surface area contributed by atoms with Gasteiger partial charge in [0.15, 0.2) is 0 Å². The van der Waals surface area contributed by atoms with Gasteiger partial charge in [0, 0.05) is 53.4 Å². The van der Waals surface area contributed by atoms with Crippen molar-refractivity contribution in [3.8, 4) is 0 Å². The number of hydrogen-bond acceptors (Lipinski definition) is 2. The lowest BCUT2D eigenvalue weighted by Gasteiger charge is -2.17. The number of amides is 1. The number of rotatable bonds is 9. The molecule has 0 bridgehead atoms. The molecule has 4 rings (SSSR count). The van der Waals surface area contributed by atoms with Crippen LogP contribution in [-0.4, -0.2) is 22.4 Å². The van der Waals surface area contributed by atoms with Crippen molar-refractivity contribution in [3.05, 3.63) is 101 Å². The highest BCUT2D eigenvalue weighted by molar-refractivity contribution is 6.31. The van der Waals surface area contributed by atoms with E-state index >= 15 is 0 Å². The number of carbonyl (C=O) groups is 1. The fourth-order valence-corrected chi connectivity index (χ4v) is 4.15. The predicted molar refractivity (Wildman–Crippen MR) is 126 cm³/mol. The summed E-state index contributed by atoms with van der Waals surface area (Å²) in [4.78, 5) is 20.4. The van der Waals surface area contributed by atoms with Crippen molar-refractivity contribution in [1.29, 1.82) is 0 Å². The zero-order valence-corrected chi connectivity index (χ0v) is 18.1. The lowest BCUT2D eigenvalue weighted by atomic mass is 9.89. The molecule has 1 amide bonds.